The van der Waals surface area contributed by atoms with Crippen molar-refractivity contribution in [3.05, 3.63) is 51.7 Å². The zero-order valence-corrected chi connectivity index (χ0v) is 14.3. The number of aromatic nitrogens is 2. The van der Waals surface area contributed by atoms with Gasteiger partial charge < -0.3 is 16.2 Å². The number of halogens is 1. The monoisotopic (exact) mass is 336 g/mol. The molecule has 5 N–H and O–H groups in total. The summed E-state index contributed by atoms with van der Waals surface area (Å²) in [5.41, 5.74) is 6.29. The molecule has 0 saturated carbocycles. The topological polar surface area (TPSA) is 104 Å². The number of hydrogen-bond donors (Lipinski definition) is 4. The van der Waals surface area contributed by atoms with Crippen LogP contribution in [-0.2, 0) is 6.42 Å². The van der Waals surface area contributed by atoms with Crippen LogP contribution in [0.3, 0.4) is 0 Å². The summed E-state index contributed by atoms with van der Waals surface area (Å²) in [6.45, 7) is 6.12. The number of nitrogens with zero attached hydrogens (tertiary/aromatic N) is 1. The van der Waals surface area contributed by atoms with Crippen molar-refractivity contribution in [3.63, 3.8) is 0 Å². The highest BCUT2D eigenvalue weighted by Crippen LogP contribution is 2.24. The number of nitrogens with one attached hydrogen (secondary N) is 2. The lowest BCUT2D eigenvalue weighted by Gasteiger charge is -2.17. The van der Waals surface area contributed by atoms with Crippen LogP contribution in [0.15, 0.2) is 29.1 Å². The van der Waals surface area contributed by atoms with Crippen molar-refractivity contribution >= 4 is 11.6 Å². The number of H-pyrrole nitrogens is 1. The van der Waals surface area contributed by atoms with Crippen molar-refractivity contribution in [2.75, 3.05) is 24.2 Å². The van der Waals surface area contributed by atoms with Gasteiger partial charge in [0.05, 0.1) is 12.3 Å². The van der Waals surface area contributed by atoms with E-state index in [1.165, 1.54) is 6.07 Å². The van der Waals surface area contributed by atoms with Crippen LogP contribution < -0.4 is 16.6 Å². The van der Waals surface area contributed by atoms with Crippen molar-refractivity contribution in [1.82, 2.24) is 9.97 Å². The van der Waals surface area contributed by atoms with E-state index in [-0.39, 0.29) is 24.5 Å². The Morgan fingerprint density at radius 2 is 2.04 bits per heavy atom. The van der Waals surface area contributed by atoms with E-state index in [1.807, 2.05) is 20.8 Å². The molecule has 1 aromatic carbocycles. The van der Waals surface area contributed by atoms with Crippen molar-refractivity contribution in [3.8, 4) is 0 Å². The Hall–Kier alpha value is -2.41. The average Bonchev–Trinajstić information content (AvgIpc) is 2.58. The number of nitrogen functional groups attached to an aromatic ring is 1. The van der Waals surface area contributed by atoms with E-state index in [4.69, 9.17) is 5.73 Å². The number of aromatic amines is 1. The maximum absolute atomic E-state index is 13.9. The van der Waals surface area contributed by atoms with Crippen LogP contribution in [-0.4, -0.2) is 28.2 Å². The van der Waals surface area contributed by atoms with Crippen LogP contribution in [0, 0.1) is 5.82 Å². The number of nitrogens with two attached hydrogens (primary N) is 1. The summed E-state index contributed by atoms with van der Waals surface area (Å²) in [6.07, 6.45) is 0.202. The predicted molar refractivity (Wildman–Crippen MR) is 94.7 cm³/mol. The number of anilines is 2. The van der Waals surface area contributed by atoms with Gasteiger partial charge in [-0.05, 0) is 18.6 Å². The molecule has 0 aliphatic rings. The van der Waals surface area contributed by atoms with Gasteiger partial charge in [0.25, 0.3) is 5.56 Å². The largest absolute Gasteiger partial charge is 0.396 e. The van der Waals surface area contributed by atoms with Crippen LogP contribution in [0.25, 0.3) is 0 Å². The van der Waals surface area contributed by atoms with E-state index in [0.717, 1.165) is 0 Å². The summed E-state index contributed by atoms with van der Waals surface area (Å²) in [5, 5.41) is 12.5. The molecule has 0 bridgehead atoms. The van der Waals surface area contributed by atoms with Gasteiger partial charge in [0.2, 0.25) is 5.95 Å². The maximum Gasteiger partial charge on any atom is 0.275 e. The molecule has 0 spiro atoms. The van der Waals surface area contributed by atoms with E-state index in [9.17, 15) is 14.3 Å². The van der Waals surface area contributed by atoms with Gasteiger partial charge in [0, 0.05) is 18.9 Å². The molecule has 1 aromatic heterocycles. The first kappa shape index (κ1) is 19.6. The van der Waals surface area contributed by atoms with Gasteiger partial charge >= 0.3 is 0 Å². The molecule has 0 unspecified atom stereocenters. The smallest absolute Gasteiger partial charge is 0.275 e. The summed E-state index contributed by atoms with van der Waals surface area (Å²) >= 11 is 0. The molecular formula is C17H25FN4O2. The van der Waals surface area contributed by atoms with Gasteiger partial charge in [-0.2, -0.15) is 0 Å². The van der Waals surface area contributed by atoms with Gasteiger partial charge in [0.15, 0.2) is 0 Å². The highest BCUT2D eigenvalue weighted by Gasteiger charge is 2.19. The molecule has 0 aliphatic heterocycles. The number of rotatable bonds is 6. The van der Waals surface area contributed by atoms with Crippen LogP contribution >= 0.6 is 0 Å². The molecule has 0 aliphatic carbocycles. The minimum atomic E-state index is -0.507. The number of benzene rings is 1. The molecule has 1 atom stereocenters. The van der Waals surface area contributed by atoms with E-state index >= 15 is 0 Å². The third kappa shape index (κ3) is 4.79. The maximum atomic E-state index is 13.9. The molecule has 0 amide bonds. The Morgan fingerprint density at radius 3 is 2.62 bits per heavy atom. The molecule has 6 nitrogen and oxygen atoms in total. The summed E-state index contributed by atoms with van der Waals surface area (Å²) < 4.78 is 13.9. The summed E-state index contributed by atoms with van der Waals surface area (Å²) in [5.74, 6) is -0.913. The van der Waals surface area contributed by atoms with Gasteiger partial charge in [-0.3, -0.25) is 9.78 Å². The summed E-state index contributed by atoms with van der Waals surface area (Å²) in [6, 6.07) is 6.23. The fourth-order valence-electron chi connectivity index (χ4n) is 2.36. The van der Waals surface area contributed by atoms with Crippen molar-refractivity contribution in [2.24, 2.45) is 0 Å². The fourth-order valence-corrected chi connectivity index (χ4v) is 2.36. The molecule has 1 heterocycles. The van der Waals surface area contributed by atoms with Gasteiger partial charge in [0.1, 0.15) is 11.5 Å². The Bertz CT molecular complexity index is 703. The third-order valence-electron chi connectivity index (χ3n) is 3.37. The minimum absolute atomic E-state index is 0.00752. The van der Waals surface area contributed by atoms with E-state index in [0.29, 0.717) is 23.5 Å². The SMILES string of the molecule is CC.CCNc1c(C[C@@H](CO)c2ccccc2F)nc(N)[nH]c1=O. The molecule has 0 radical (unpaired) electrons. The molecule has 132 valence electrons. The van der Waals surface area contributed by atoms with E-state index < -0.39 is 11.7 Å². The Labute approximate surface area is 140 Å². The average molecular weight is 336 g/mol. The second kappa shape index (κ2) is 9.67. The normalized spacial score (nSPS) is 11.4. The molecule has 24 heavy (non-hydrogen) atoms. The number of hydrogen-bond acceptors (Lipinski definition) is 5. The Balaban J connectivity index is 0.00000139. The molecule has 2 aromatic rings. The molecule has 0 fully saturated rings. The standard InChI is InChI=1S/C15H19FN4O2.C2H6/c1-2-18-13-12(19-15(17)20-14(13)22)7-9(8-21)10-5-3-4-6-11(10)16;1-2/h3-6,9,18,21H,2,7-8H2,1H3,(H3,17,19,20,22);1-2H3/t9-;/m0./s1. The first-order valence-electron chi connectivity index (χ1n) is 8.04. The van der Waals surface area contributed by atoms with Gasteiger partial charge in [-0.15, -0.1) is 0 Å². The third-order valence-corrected chi connectivity index (χ3v) is 3.37. The lowest BCUT2D eigenvalue weighted by atomic mass is 9.94. The highest BCUT2D eigenvalue weighted by molar-refractivity contribution is 5.48. The zero-order valence-electron chi connectivity index (χ0n) is 14.3. The Kier molecular flexibility index (Phi) is 7.91. The summed E-state index contributed by atoms with van der Waals surface area (Å²) in [7, 11) is 0. The van der Waals surface area contributed by atoms with Crippen LogP contribution in [0.4, 0.5) is 16.0 Å². The van der Waals surface area contributed by atoms with E-state index in [2.05, 4.69) is 15.3 Å². The fraction of sp³-hybridized carbons (Fsp3) is 0.412. The lowest BCUT2D eigenvalue weighted by molar-refractivity contribution is 0.261. The van der Waals surface area contributed by atoms with Gasteiger partial charge in [-0.25, -0.2) is 9.37 Å². The minimum Gasteiger partial charge on any atom is -0.396 e. The second-order valence-electron chi connectivity index (χ2n) is 4.91. The van der Waals surface area contributed by atoms with Crippen LogP contribution in [0.5, 0.6) is 0 Å². The Morgan fingerprint density at radius 1 is 1.38 bits per heavy atom. The van der Waals surface area contributed by atoms with Crippen LogP contribution in [0.2, 0.25) is 0 Å². The van der Waals surface area contributed by atoms with Crippen LogP contribution in [0.1, 0.15) is 37.9 Å². The molecule has 7 heteroatoms. The predicted octanol–water partition coefficient (Wildman–Crippen LogP) is 2.27. The van der Waals surface area contributed by atoms with E-state index in [1.54, 1.807) is 18.2 Å². The summed E-state index contributed by atoms with van der Waals surface area (Å²) in [4.78, 5) is 18.5. The molecule has 0 saturated heterocycles. The highest BCUT2D eigenvalue weighted by atomic mass is 19.1. The van der Waals surface area contributed by atoms with Crippen molar-refractivity contribution in [2.45, 2.75) is 33.1 Å². The van der Waals surface area contributed by atoms with Gasteiger partial charge in [-0.1, -0.05) is 32.0 Å². The first-order valence-corrected chi connectivity index (χ1v) is 8.04. The molecular weight excluding hydrogens is 311 g/mol. The quantitative estimate of drug-likeness (QED) is 0.648. The lowest BCUT2D eigenvalue weighted by Crippen LogP contribution is -2.22. The van der Waals surface area contributed by atoms with Crippen molar-refractivity contribution in [1.29, 1.82) is 0 Å². The zero-order chi connectivity index (χ0) is 18.1. The second-order valence-corrected chi connectivity index (χ2v) is 4.91. The first-order chi connectivity index (χ1) is 11.6. The van der Waals surface area contributed by atoms with Crippen molar-refractivity contribution < 1.29 is 9.50 Å². The molecule has 2 rings (SSSR count). The number of aliphatic hydroxyl groups excluding tert-OH is 1. The number of aliphatic hydroxyl groups is 1.